The summed E-state index contributed by atoms with van der Waals surface area (Å²) >= 11 is 1.37. The second kappa shape index (κ2) is 5.85. The van der Waals surface area contributed by atoms with E-state index in [-0.39, 0.29) is 5.91 Å². The van der Waals surface area contributed by atoms with Crippen LogP contribution in [-0.4, -0.2) is 31.9 Å². The molecule has 1 aromatic heterocycles. The van der Waals surface area contributed by atoms with Crippen LogP contribution in [0.5, 0.6) is 0 Å². The van der Waals surface area contributed by atoms with Crippen LogP contribution in [0.25, 0.3) is 0 Å². The van der Waals surface area contributed by atoms with E-state index in [0.717, 1.165) is 24.1 Å². The molecule has 1 aliphatic rings. The summed E-state index contributed by atoms with van der Waals surface area (Å²) in [5.41, 5.74) is 3.20. The number of aromatic nitrogens is 4. The van der Waals surface area contributed by atoms with Gasteiger partial charge in [-0.05, 0) is 60.4 Å². The lowest BCUT2D eigenvalue weighted by Crippen LogP contribution is -2.14. The van der Waals surface area contributed by atoms with Crippen molar-refractivity contribution in [3.8, 4) is 0 Å². The molecule has 1 saturated carbocycles. The summed E-state index contributed by atoms with van der Waals surface area (Å²) in [6, 6.07) is 6.32. The van der Waals surface area contributed by atoms with Gasteiger partial charge in [0.2, 0.25) is 11.1 Å². The summed E-state index contributed by atoms with van der Waals surface area (Å²) in [4.78, 5) is 12.0. The number of rotatable bonds is 5. The average Bonchev–Trinajstić information content (AvgIpc) is 3.19. The summed E-state index contributed by atoms with van der Waals surface area (Å²) in [7, 11) is 0. The Labute approximate surface area is 127 Å². The predicted octanol–water partition coefficient (Wildman–Crippen LogP) is 2.36. The highest BCUT2D eigenvalue weighted by Crippen LogP contribution is 2.36. The number of carbonyl (C=O) groups is 1. The fourth-order valence-electron chi connectivity index (χ4n) is 1.98. The summed E-state index contributed by atoms with van der Waals surface area (Å²) in [6.45, 7) is 4.08. The first kappa shape index (κ1) is 14.1. The molecule has 6 nitrogen and oxygen atoms in total. The second-order valence-corrected chi connectivity index (χ2v) is 6.22. The molecule has 7 heteroatoms. The van der Waals surface area contributed by atoms with Gasteiger partial charge in [0.15, 0.2) is 0 Å². The van der Waals surface area contributed by atoms with Crippen molar-refractivity contribution >= 4 is 23.4 Å². The van der Waals surface area contributed by atoms with E-state index in [1.54, 1.807) is 0 Å². The zero-order valence-electron chi connectivity index (χ0n) is 12.0. The smallest absolute Gasteiger partial charge is 0.234 e. The zero-order chi connectivity index (χ0) is 14.8. The quantitative estimate of drug-likeness (QED) is 0.858. The SMILES string of the molecule is Cc1ccc(NC(=O)CSc2nnnn2C2CC2)cc1C. The lowest BCUT2D eigenvalue weighted by molar-refractivity contribution is -0.113. The average molecular weight is 303 g/mol. The molecule has 0 radical (unpaired) electrons. The number of aryl methyl sites for hydroxylation is 2. The molecule has 1 heterocycles. The van der Waals surface area contributed by atoms with E-state index >= 15 is 0 Å². The second-order valence-electron chi connectivity index (χ2n) is 5.27. The number of carbonyl (C=O) groups excluding carboxylic acids is 1. The van der Waals surface area contributed by atoms with Gasteiger partial charge in [-0.25, -0.2) is 4.68 Å². The van der Waals surface area contributed by atoms with Crippen LogP contribution in [0.4, 0.5) is 5.69 Å². The van der Waals surface area contributed by atoms with Crippen LogP contribution in [0.3, 0.4) is 0 Å². The van der Waals surface area contributed by atoms with Gasteiger partial charge in [0.25, 0.3) is 0 Å². The summed E-state index contributed by atoms with van der Waals surface area (Å²) < 4.78 is 1.81. The molecule has 2 aromatic rings. The number of amides is 1. The summed E-state index contributed by atoms with van der Waals surface area (Å²) in [6.07, 6.45) is 2.24. The highest BCUT2D eigenvalue weighted by Gasteiger charge is 2.28. The zero-order valence-corrected chi connectivity index (χ0v) is 12.9. The minimum atomic E-state index is -0.0476. The van der Waals surface area contributed by atoms with E-state index in [0.29, 0.717) is 17.0 Å². The fraction of sp³-hybridized carbons (Fsp3) is 0.429. The van der Waals surface area contributed by atoms with Crippen molar-refractivity contribution in [3.05, 3.63) is 29.3 Å². The van der Waals surface area contributed by atoms with Crippen LogP contribution in [0.2, 0.25) is 0 Å². The lowest BCUT2D eigenvalue weighted by atomic mass is 10.1. The molecule has 0 bridgehead atoms. The Morgan fingerprint density at radius 3 is 2.90 bits per heavy atom. The first-order valence-electron chi connectivity index (χ1n) is 6.91. The summed E-state index contributed by atoms with van der Waals surface area (Å²) in [5, 5.41) is 15.2. The largest absolute Gasteiger partial charge is 0.325 e. The Kier molecular flexibility index (Phi) is 3.92. The van der Waals surface area contributed by atoms with Crippen molar-refractivity contribution in [2.75, 3.05) is 11.1 Å². The van der Waals surface area contributed by atoms with Crippen LogP contribution in [0, 0.1) is 13.8 Å². The first-order valence-corrected chi connectivity index (χ1v) is 7.90. The van der Waals surface area contributed by atoms with E-state index in [1.165, 1.54) is 17.3 Å². The van der Waals surface area contributed by atoms with Gasteiger partial charge in [-0.2, -0.15) is 0 Å². The van der Waals surface area contributed by atoms with E-state index < -0.39 is 0 Å². The molecule has 0 aliphatic heterocycles. The number of nitrogens with zero attached hydrogens (tertiary/aromatic N) is 4. The van der Waals surface area contributed by atoms with Crippen molar-refractivity contribution in [2.45, 2.75) is 37.9 Å². The van der Waals surface area contributed by atoms with Crippen LogP contribution >= 0.6 is 11.8 Å². The third-order valence-electron chi connectivity index (χ3n) is 3.48. The molecule has 0 spiro atoms. The number of thioether (sulfide) groups is 1. The Balaban J connectivity index is 1.56. The molecule has 110 valence electrons. The highest BCUT2D eigenvalue weighted by molar-refractivity contribution is 7.99. The van der Waals surface area contributed by atoms with E-state index in [1.807, 2.05) is 29.8 Å². The van der Waals surface area contributed by atoms with Gasteiger partial charge in [-0.3, -0.25) is 4.79 Å². The van der Waals surface area contributed by atoms with Gasteiger partial charge >= 0.3 is 0 Å². The van der Waals surface area contributed by atoms with Crippen molar-refractivity contribution in [2.24, 2.45) is 0 Å². The van der Waals surface area contributed by atoms with Gasteiger partial charge < -0.3 is 5.32 Å². The molecule has 0 atom stereocenters. The maximum Gasteiger partial charge on any atom is 0.234 e. The van der Waals surface area contributed by atoms with E-state index in [2.05, 4.69) is 27.8 Å². The van der Waals surface area contributed by atoms with Crippen LogP contribution in [0.15, 0.2) is 23.4 Å². The maximum absolute atomic E-state index is 12.0. The number of anilines is 1. The normalized spacial score (nSPS) is 14.2. The molecular weight excluding hydrogens is 286 g/mol. The maximum atomic E-state index is 12.0. The number of hydrogen-bond acceptors (Lipinski definition) is 5. The molecule has 21 heavy (non-hydrogen) atoms. The molecule has 0 unspecified atom stereocenters. The minimum Gasteiger partial charge on any atom is -0.325 e. The minimum absolute atomic E-state index is 0.0476. The molecular formula is C14H17N5OS. The van der Waals surface area contributed by atoms with Crippen LogP contribution in [0.1, 0.15) is 30.0 Å². The van der Waals surface area contributed by atoms with Gasteiger partial charge in [-0.15, -0.1) is 5.10 Å². The molecule has 3 rings (SSSR count). The highest BCUT2D eigenvalue weighted by atomic mass is 32.2. The van der Waals surface area contributed by atoms with Crippen molar-refractivity contribution < 1.29 is 4.79 Å². The van der Waals surface area contributed by atoms with Gasteiger partial charge in [0, 0.05) is 5.69 Å². The Hall–Kier alpha value is -1.89. The van der Waals surface area contributed by atoms with Crippen molar-refractivity contribution in [1.82, 2.24) is 20.2 Å². The monoisotopic (exact) mass is 303 g/mol. The Bertz CT molecular complexity index is 665. The predicted molar refractivity (Wildman–Crippen MR) is 81.4 cm³/mol. The van der Waals surface area contributed by atoms with E-state index in [9.17, 15) is 4.79 Å². The van der Waals surface area contributed by atoms with Crippen molar-refractivity contribution in [1.29, 1.82) is 0 Å². The molecule has 1 aliphatic carbocycles. The number of hydrogen-bond donors (Lipinski definition) is 1. The summed E-state index contributed by atoms with van der Waals surface area (Å²) in [5.74, 6) is 0.258. The fourth-order valence-corrected chi connectivity index (χ4v) is 2.72. The molecule has 1 aromatic carbocycles. The molecule has 1 fully saturated rings. The molecule has 0 saturated heterocycles. The van der Waals surface area contributed by atoms with Gasteiger partial charge in [-0.1, -0.05) is 17.8 Å². The van der Waals surface area contributed by atoms with Crippen molar-refractivity contribution in [3.63, 3.8) is 0 Å². The Morgan fingerprint density at radius 1 is 1.38 bits per heavy atom. The first-order chi connectivity index (χ1) is 10.1. The third-order valence-corrected chi connectivity index (χ3v) is 4.41. The number of nitrogens with one attached hydrogen (secondary N) is 1. The molecule has 1 amide bonds. The van der Waals surface area contributed by atoms with Crippen LogP contribution in [-0.2, 0) is 4.79 Å². The van der Waals surface area contributed by atoms with E-state index in [4.69, 9.17) is 0 Å². The molecule has 1 N–H and O–H groups in total. The van der Waals surface area contributed by atoms with Gasteiger partial charge in [0.1, 0.15) is 0 Å². The topological polar surface area (TPSA) is 72.7 Å². The Morgan fingerprint density at radius 2 is 2.19 bits per heavy atom. The third kappa shape index (κ3) is 3.41. The number of benzene rings is 1. The van der Waals surface area contributed by atoms with Gasteiger partial charge in [0.05, 0.1) is 11.8 Å². The standard InChI is InChI=1S/C14H17N5OS/c1-9-3-4-11(7-10(9)2)15-13(20)8-21-14-16-17-18-19(14)12-5-6-12/h3-4,7,12H,5-6,8H2,1-2H3,(H,15,20). The number of tetrazole rings is 1. The van der Waals surface area contributed by atoms with Crippen LogP contribution < -0.4 is 5.32 Å². The lowest BCUT2D eigenvalue weighted by Gasteiger charge is -2.07.